The fourth-order valence-electron chi connectivity index (χ4n) is 3.76. The Morgan fingerprint density at radius 1 is 1.24 bits per heavy atom. The van der Waals surface area contributed by atoms with Gasteiger partial charge in [0.15, 0.2) is 5.60 Å². The molecule has 0 spiro atoms. The zero-order valence-corrected chi connectivity index (χ0v) is 20.2. The van der Waals surface area contributed by atoms with Gasteiger partial charge in [-0.1, -0.05) is 17.9 Å². The SMILES string of the molecule is Cc1cccc(Oc2ccnc(C(=O)NC3COc4ccc(C#CC5(O)COC5)cc4N(C)C3=O)c2)n1. The summed E-state index contributed by atoms with van der Waals surface area (Å²) in [6.45, 7) is 2.12. The van der Waals surface area contributed by atoms with Crippen LogP contribution in [0.2, 0.25) is 0 Å². The summed E-state index contributed by atoms with van der Waals surface area (Å²) in [6.07, 6.45) is 1.45. The van der Waals surface area contributed by atoms with Crippen molar-refractivity contribution in [1.29, 1.82) is 0 Å². The molecule has 2 N–H and O–H groups in total. The summed E-state index contributed by atoms with van der Waals surface area (Å²) in [5, 5.41) is 12.8. The number of hydrogen-bond donors (Lipinski definition) is 2. The van der Waals surface area contributed by atoms with Crippen molar-refractivity contribution in [3.05, 3.63) is 71.7 Å². The number of aryl methyl sites for hydroxylation is 1. The molecule has 0 bridgehead atoms. The van der Waals surface area contributed by atoms with E-state index < -0.39 is 17.6 Å². The number of ether oxygens (including phenoxy) is 3. The first kappa shape index (κ1) is 24.2. The first-order valence-electron chi connectivity index (χ1n) is 11.6. The third-order valence-corrected chi connectivity index (χ3v) is 5.83. The predicted molar refractivity (Wildman–Crippen MR) is 133 cm³/mol. The van der Waals surface area contributed by atoms with Gasteiger partial charge in [0.2, 0.25) is 5.88 Å². The lowest BCUT2D eigenvalue weighted by Crippen LogP contribution is -2.49. The molecular weight excluding hydrogens is 476 g/mol. The summed E-state index contributed by atoms with van der Waals surface area (Å²) in [4.78, 5) is 35.9. The van der Waals surface area contributed by atoms with Crippen LogP contribution in [-0.2, 0) is 9.53 Å². The van der Waals surface area contributed by atoms with E-state index in [0.717, 1.165) is 5.69 Å². The van der Waals surface area contributed by atoms with E-state index in [-0.39, 0.29) is 31.4 Å². The molecule has 10 nitrogen and oxygen atoms in total. The second-order valence-corrected chi connectivity index (χ2v) is 8.79. The van der Waals surface area contributed by atoms with Crippen molar-refractivity contribution in [2.24, 2.45) is 0 Å². The molecule has 1 unspecified atom stereocenters. The van der Waals surface area contributed by atoms with Crippen LogP contribution < -0.4 is 19.7 Å². The van der Waals surface area contributed by atoms with Gasteiger partial charge in [0, 0.05) is 36.6 Å². The quantitative estimate of drug-likeness (QED) is 0.521. The normalized spacial score (nSPS) is 17.8. The van der Waals surface area contributed by atoms with Gasteiger partial charge in [0.05, 0.1) is 18.9 Å². The Morgan fingerprint density at radius 2 is 2.08 bits per heavy atom. The molecule has 37 heavy (non-hydrogen) atoms. The molecule has 0 saturated carbocycles. The molecule has 2 amide bonds. The molecular formula is C27H24N4O6. The molecule has 188 valence electrons. The van der Waals surface area contributed by atoms with E-state index in [1.807, 2.05) is 19.1 Å². The Balaban J connectivity index is 1.29. The van der Waals surface area contributed by atoms with Gasteiger partial charge < -0.3 is 29.5 Å². The first-order valence-corrected chi connectivity index (χ1v) is 11.6. The first-order chi connectivity index (χ1) is 17.8. The third-order valence-electron chi connectivity index (χ3n) is 5.83. The Bertz CT molecular complexity index is 1430. The summed E-state index contributed by atoms with van der Waals surface area (Å²) in [5.41, 5.74) is 0.843. The van der Waals surface area contributed by atoms with Gasteiger partial charge in [-0.25, -0.2) is 4.98 Å². The molecule has 5 rings (SSSR count). The molecule has 10 heteroatoms. The number of nitrogens with zero attached hydrogens (tertiary/aromatic N) is 3. The predicted octanol–water partition coefficient (Wildman–Crippen LogP) is 1.84. The number of fused-ring (bicyclic) bond motifs is 1. The average Bonchev–Trinajstić information content (AvgIpc) is 2.98. The maximum absolute atomic E-state index is 13.2. The molecule has 1 aromatic carbocycles. The summed E-state index contributed by atoms with van der Waals surface area (Å²) in [5.74, 6) is 6.05. The van der Waals surface area contributed by atoms with Crippen LogP contribution in [0, 0.1) is 18.8 Å². The number of amides is 2. The molecule has 1 fully saturated rings. The maximum Gasteiger partial charge on any atom is 0.270 e. The van der Waals surface area contributed by atoms with Crippen LogP contribution in [0.5, 0.6) is 17.4 Å². The zero-order chi connectivity index (χ0) is 26.0. The molecule has 4 heterocycles. The van der Waals surface area contributed by atoms with E-state index in [1.54, 1.807) is 37.4 Å². The van der Waals surface area contributed by atoms with Gasteiger partial charge in [-0.05, 0) is 37.3 Å². The fraction of sp³-hybridized carbons (Fsp3) is 0.259. The Labute approximate surface area is 213 Å². The van der Waals surface area contributed by atoms with Gasteiger partial charge in [0.25, 0.3) is 11.8 Å². The monoisotopic (exact) mass is 500 g/mol. The van der Waals surface area contributed by atoms with Gasteiger partial charge in [0.1, 0.15) is 29.8 Å². The van der Waals surface area contributed by atoms with Gasteiger partial charge >= 0.3 is 0 Å². The summed E-state index contributed by atoms with van der Waals surface area (Å²) in [7, 11) is 1.60. The number of aromatic nitrogens is 2. The van der Waals surface area contributed by atoms with Gasteiger partial charge in [-0.15, -0.1) is 0 Å². The fourth-order valence-corrected chi connectivity index (χ4v) is 3.76. The van der Waals surface area contributed by atoms with Crippen LogP contribution in [-0.4, -0.2) is 65.4 Å². The highest BCUT2D eigenvalue weighted by Crippen LogP contribution is 2.31. The molecule has 2 aliphatic rings. The number of aliphatic hydroxyl groups is 1. The van der Waals surface area contributed by atoms with Gasteiger partial charge in [-0.2, -0.15) is 0 Å². The number of benzene rings is 1. The van der Waals surface area contributed by atoms with E-state index in [9.17, 15) is 14.7 Å². The number of hydrogen-bond acceptors (Lipinski definition) is 8. The number of carbonyl (C=O) groups excluding carboxylic acids is 2. The third kappa shape index (κ3) is 5.38. The highest BCUT2D eigenvalue weighted by atomic mass is 16.5. The maximum atomic E-state index is 13.2. The Kier molecular flexibility index (Phi) is 6.48. The van der Waals surface area contributed by atoms with Crippen LogP contribution in [0.4, 0.5) is 5.69 Å². The molecule has 0 aliphatic carbocycles. The van der Waals surface area contributed by atoms with Gasteiger partial charge in [-0.3, -0.25) is 14.6 Å². The van der Waals surface area contributed by atoms with E-state index in [2.05, 4.69) is 27.1 Å². The molecule has 1 saturated heterocycles. The van der Waals surface area contributed by atoms with Crippen LogP contribution in [0.15, 0.2) is 54.7 Å². The lowest BCUT2D eigenvalue weighted by Gasteiger charge is -2.30. The number of pyridine rings is 2. The van der Waals surface area contributed by atoms with Crippen LogP contribution in [0.3, 0.4) is 0 Å². The second kappa shape index (κ2) is 9.89. The summed E-state index contributed by atoms with van der Waals surface area (Å²) >= 11 is 0. The average molecular weight is 501 g/mol. The molecule has 2 aliphatic heterocycles. The van der Waals surface area contributed by atoms with Crippen LogP contribution >= 0.6 is 0 Å². The van der Waals surface area contributed by atoms with Crippen LogP contribution in [0.25, 0.3) is 0 Å². The molecule has 1 atom stereocenters. The van der Waals surface area contributed by atoms with Crippen molar-refractivity contribution in [1.82, 2.24) is 15.3 Å². The van der Waals surface area contributed by atoms with Crippen LogP contribution in [0.1, 0.15) is 21.7 Å². The summed E-state index contributed by atoms with van der Waals surface area (Å²) in [6, 6.07) is 12.7. The number of rotatable bonds is 4. The van der Waals surface area contributed by atoms with Crippen molar-refractivity contribution in [3.63, 3.8) is 0 Å². The zero-order valence-electron chi connectivity index (χ0n) is 20.2. The van der Waals surface area contributed by atoms with Crippen molar-refractivity contribution < 1.29 is 28.9 Å². The minimum absolute atomic E-state index is 0.0621. The molecule has 0 radical (unpaired) electrons. The number of anilines is 1. The lowest BCUT2D eigenvalue weighted by atomic mass is 10.0. The van der Waals surface area contributed by atoms with E-state index in [0.29, 0.717) is 28.6 Å². The largest absolute Gasteiger partial charge is 0.489 e. The lowest BCUT2D eigenvalue weighted by molar-refractivity contribution is -0.140. The molecule has 2 aromatic heterocycles. The van der Waals surface area contributed by atoms with E-state index in [4.69, 9.17) is 14.2 Å². The highest BCUT2D eigenvalue weighted by Gasteiger charge is 2.34. The minimum Gasteiger partial charge on any atom is -0.489 e. The topological polar surface area (TPSA) is 123 Å². The Hall–Kier alpha value is -4.46. The Morgan fingerprint density at radius 3 is 2.84 bits per heavy atom. The minimum atomic E-state index is -1.15. The summed E-state index contributed by atoms with van der Waals surface area (Å²) < 4.78 is 16.6. The number of likely N-dealkylation sites (N-methyl/N-ethyl adjacent to an activating group) is 1. The smallest absolute Gasteiger partial charge is 0.270 e. The van der Waals surface area contributed by atoms with Crippen molar-refractivity contribution >= 4 is 17.5 Å². The number of nitrogens with one attached hydrogen (secondary N) is 1. The van der Waals surface area contributed by atoms with Crippen molar-refractivity contribution in [2.75, 3.05) is 31.8 Å². The number of carbonyl (C=O) groups is 2. The van der Waals surface area contributed by atoms with Crippen molar-refractivity contribution in [3.8, 4) is 29.2 Å². The van der Waals surface area contributed by atoms with E-state index >= 15 is 0 Å². The van der Waals surface area contributed by atoms with E-state index in [1.165, 1.54) is 17.2 Å². The standard InChI is InChI=1S/C27H24N4O6/c1-17-4-3-5-24(29-17)37-19-9-11-28-20(13-19)25(32)30-21-14-36-23-7-6-18(8-10-27(34)15-35-16-27)12-22(23)31(2)26(21)33/h3-7,9,11-13,21,34H,14-16H2,1-2H3,(H,30,32). The highest BCUT2D eigenvalue weighted by molar-refractivity contribution is 6.03. The van der Waals surface area contributed by atoms with Crippen molar-refractivity contribution in [2.45, 2.75) is 18.6 Å². The molecule has 3 aromatic rings. The second-order valence-electron chi connectivity index (χ2n) is 8.79.